The normalized spacial score (nSPS) is 10.4. The van der Waals surface area contributed by atoms with Gasteiger partial charge in [-0.05, 0) is 37.3 Å². The quantitative estimate of drug-likeness (QED) is 0.678. The Balaban J connectivity index is 1.87. The van der Waals surface area contributed by atoms with E-state index in [1.165, 1.54) is 36.6 Å². The molecule has 3 aromatic rings. The van der Waals surface area contributed by atoms with Crippen molar-refractivity contribution in [2.75, 3.05) is 12.4 Å². The molecule has 0 fully saturated rings. The van der Waals surface area contributed by atoms with Crippen LogP contribution in [0.25, 0.3) is 10.7 Å². The average Bonchev–Trinajstić information content (AvgIpc) is 3.05. The molecular weight excluding hydrogens is 374 g/mol. The first kappa shape index (κ1) is 18.0. The summed E-state index contributed by atoms with van der Waals surface area (Å²) < 4.78 is 4.68. The van der Waals surface area contributed by atoms with E-state index in [9.17, 15) is 9.59 Å². The number of methoxy groups -OCH3 is 1. The van der Waals surface area contributed by atoms with E-state index in [1.54, 1.807) is 13.1 Å². The van der Waals surface area contributed by atoms with Gasteiger partial charge in [0.15, 0.2) is 0 Å². The molecule has 26 heavy (non-hydrogen) atoms. The predicted octanol–water partition coefficient (Wildman–Crippen LogP) is 4.21. The van der Waals surface area contributed by atoms with E-state index in [2.05, 4.69) is 20.0 Å². The number of carbonyl (C=O) groups excluding carboxylic acids is 2. The molecule has 0 bridgehead atoms. The minimum atomic E-state index is -0.511. The van der Waals surface area contributed by atoms with Crippen molar-refractivity contribution in [3.63, 3.8) is 0 Å². The van der Waals surface area contributed by atoms with Crippen LogP contribution in [0.1, 0.15) is 25.7 Å². The smallest absolute Gasteiger partial charge is 0.337 e. The summed E-state index contributed by atoms with van der Waals surface area (Å²) in [5.41, 5.74) is 1.91. The van der Waals surface area contributed by atoms with Gasteiger partial charge in [-0.1, -0.05) is 17.7 Å². The summed E-state index contributed by atoms with van der Waals surface area (Å²) in [5.74, 6) is -0.866. The van der Waals surface area contributed by atoms with Gasteiger partial charge in [0.1, 0.15) is 9.88 Å². The number of ether oxygens (including phenoxy) is 1. The van der Waals surface area contributed by atoms with Crippen LogP contribution in [0.4, 0.5) is 5.69 Å². The molecule has 0 aliphatic carbocycles. The number of aromatic nitrogens is 2. The molecule has 0 saturated carbocycles. The number of hydrogen-bond acceptors (Lipinski definition) is 6. The van der Waals surface area contributed by atoms with Crippen LogP contribution < -0.4 is 5.32 Å². The minimum Gasteiger partial charge on any atom is -0.465 e. The van der Waals surface area contributed by atoms with Crippen molar-refractivity contribution in [3.05, 3.63) is 63.8 Å². The number of pyridine rings is 1. The molecule has 2 aromatic heterocycles. The first-order valence-corrected chi connectivity index (χ1v) is 8.77. The fraction of sp³-hybridized carbons (Fsp3) is 0.111. The van der Waals surface area contributed by atoms with E-state index in [0.717, 1.165) is 0 Å². The number of esters is 1. The van der Waals surface area contributed by atoms with Gasteiger partial charge < -0.3 is 10.1 Å². The lowest BCUT2D eigenvalue weighted by Crippen LogP contribution is -2.13. The number of aryl methyl sites for hydroxylation is 1. The topological polar surface area (TPSA) is 81.2 Å². The minimum absolute atomic E-state index is 0.294. The van der Waals surface area contributed by atoms with Crippen molar-refractivity contribution >= 4 is 40.5 Å². The Kier molecular flexibility index (Phi) is 5.29. The molecule has 0 saturated heterocycles. The second kappa shape index (κ2) is 7.63. The largest absolute Gasteiger partial charge is 0.465 e. The number of anilines is 1. The van der Waals surface area contributed by atoms with E-state index < -0.39 is 5.97 Å². The summed E-state index contributed by atoms with van der Waals surface area (Å²) in [6, 6.07) is 10.0. The lowest BCUT2D eigenvalue weighted by atomic mass is 10.2. The lowest BCUT2D eigenvalue weighted by molar-refractivity contribution is 0.0600. The van der Waals surface area contributed by atoms with Crippen molar-refractivity contribution in [3.8, 4) is 10.7 Å². The van der Waals surface area contributed by atoms with Crippen molar-refractivity contribution in [2.24, 2.45) is 0 Å². The fourth-order valence-corrected chi connectivity index (χ4v) is 3.35. The van der Waals surface area contributed by atoms with Crippen LogP contribution in [0.5, 0.6) is 0 Å². The number of rotatable bonds is 4. The Morgan fingerprint density at radius 2 is 2.04 bits per heavy atom. The van der Waals surface area contributed by atoms with Crippen LogP contribution in [0.15, 0.2) is 42.6 Å². The van der Waals surface area contributed by atoms with Gasteiger partial charge in [-0.2, -0.15) is 0 Å². The van der Waals surface area contributed by atoms with E-state index in [-0.39, 0.29) is 5.91 Å². The maximum absolute atomic E-state index is 12.6. The summed E-state index contributed by atoms with van der Waals surface area (Å²) in [6.07, 6.45) is 1.67. The highest BCUT2D eigenvalue weighted by Crippen LogP contribution is 2.29. The third-order valence-electron chi connectivity index (χ3n) is 3.52. The monoisotopic (exact) mass is 387 g/mol. The Hall–Kier alpha value is -2.77. The van der Waals surface area contributed by atoms with E-state index in [0.29, 0.717) is 37.5 Å². The molecule has 8 heteroatoms. The standard InChI is InChI=1S/C18H14ClN3O3S/c1-10-15(26-17(21-10)13-5-3-4-8-20-13)16(23)22-14-9-11(18(24)25-2)6-7-12(14)19/h3-9H,1-2H3,(H,22,23). The molecule has 2 heterocycles. The van der Waals surface area contributed by atoms with Crippen molar-refractivity contribution < 1.29 is 14.3 Å². The molecule has 1 aromatic carbocycles. The van der Waals surface area contributed by atoms with Gasteiger partial charge in [0.2, 0.25) is 0 Å². The number of benzene rings is 1. The fourth-order valence-electron chi connectivity index (χ4n) is 2.25. The van der Waals surface area contributed by atoms with Crippen molar-refractivity contribution in [1.82, 2.24) is 9.97 Å². The number of amides is 1. The number of halogens is 1. The Bertz CT molecular complexity index is 973. The highest BCUT2D eigenvalue weighted by atomic mass is 35.5. The predicted molar refractivity (Wildman–Crippen MR) is 101 cm³/mol. The van der Waals surface area contributed by atoms with E-state index in [4.69, 9.17) is 11.6 Å². The van der Waals surface area contributed by atoms with Crippen LogP contribution in [-0.2, 0) is 4.74 Å². The van der Waals surface area contributed by atoms with Gasteiger partial charge in [0.05, 0.1) is 34.8 Å². The van der Waals surface area contributed by atoms with Gasteiger partial charge in [-0.25, -0.2) is 9.78 Å². The maximum Gasteiger partial charge on any atom is 0.337 e. The number of nitrogens with zero attached hydrogens (tertiary/aromatic N) is 2. The van der Waals surface area contributed by atoms with Crippen molar-refractivity contribution in [1.29, 1.82) is 0 Å². The SMILES string of the molecule is COC(=O)c1ccc(Cl)c(NC(=O)c2sc(-c3ccccn3)nc2C)c1. The van der Waals surface area contributed by atoms with E-state index >= 15 is 0 Å². The Morgan fingerprint density at radius 1 is 1.23 bits per heavy atom. The lowest BCUT2D eigenvalue weighted by Gasteiger charge is -2.08. The number of thiazole rings is 1. The third kappa shape index (κ3) is 3.74. The Morgan fingerprint density at radius 3 is 2.73 bits per heavy atom. The summed E-state index contributed by atoms with van der Waals surface area (Å²) in [6.45, 7) is 1.75. The van der Waals surface area contributed by atoms with Crippen LogP contribution in [0.2, 0.25) is 5.02 Å². The molecule has 0 unspecified atom stereocenters. The van der Waals surface area contributed by atoms with Gasteiger partial charge in [0.25, 0.3) is 5.91 Å². The molecular formula is C18H14ClN3O3S. The highest BCUT2D eigenvalue weighted by Gasteiger charge is 2.18. The zero-order chi connectivity index (χ0) is 18.7. The second-order valence-corrected chi connectivity index (χ2v) is 6.70. The molecule has 1 amide bonds. The van der Waals surface area contributed by atoms with Crippen LogP contribution >= 0.6 is 22.9 Å². The van der Waals surface area contributed by atoms with Crippen LogP contribution in [0, 0.1) is 6.92 Å². The second-order valence-electron chi connectivity index (χ2n) is 5.29. The molecule has 132 valence electrons. The third-order valence-corrected chi connectivity index (χ3v) is 5.03. The zero-order valence-electron chi connectivity index (χ0n) is 13.9. The summed E-state index contributed by atoms with van der Waals surface area (Å²) in [4.78, 5) is 33.4. The summed E-state index contributed by atoms with van der Waals surface area (Å²) in [5, 5.41) is 3.70. The number of hydrogen-bond donors (Lipinski definition) is 1. The molecule has 0 aliphatic rings. The molecule has 0 radical (unpaired) electrons. The molecule has 3 rings (SSSR count). The molecule has 0 atom stereocenters. The molecule has 6 nitrogen and oxygen atoms in total. The number of carbonyl (C=O) groups is 2. The molecule has 0 spiro atoms. The van der Waals surface area contributed by atoms with Crippen molar-refractivity contribution in [2.45, 2.75) is 6.92 Å². The van der Waals surface area contributed by atoms with E-state index in [1.807, 2.05) is 18.2 Å². The molecule has 1 N–H and O–H groups in total. The molecule has 0 aliphatic heterocycles. The first-order valence-electron chi connectivity index (χ1n) is 7.57. The number of nitrogens with one attached hydrogen (secondary N) is 1. The first-order chi connectivity index (χ1) is 12.5. The van der Waals surface area contributed by atoms with Crippen LogP contribution in [-0.4, -0.2) is 29.0 Å². The average molecular weight is 388 g/mol. The van der Waals surface area contributed by atoms with Gasteiger partial charge in [-0.15, -0.1) is 11.3 Å². The van der Waals surface area contributed by atoms with Gasteiger partial charge in [-0.3, -0.25) is 9.78 Å². The Labute approximate surface area is 158 Å². The summed E-state index contributed by atoms with van der Waals surface area (Å²) >= 11 is 7.37. The maximum atomic E-state index is 12.6. The highest BCUT2D eigenvalue weighted by molar-refractivity contribution is 7.17. The van der Waals surface area contributed by atoms with Gasteiger partial charge >= 0.3 is 5.97 Å². The zero-order valence-corrected chi connectivity index (χ0v) is 15.5. The van der Waals surface area contributed by atoms with Gasteiger partial charge in [0, 0.05) is 6.20 Å². The van der Waals surface area contributed by atoms with Crippen LogP contribution in [0.3, 0.4) is 0 Å². The summed E-state index contributed by atoms with van der Waals surface area (Å²) in [7, 11) is 1.29.